The number of nitrogens with zero attached hydrogens (tertiary/aromatic N) is 5. The number of amides is 1. The summed E-state index contributed by atoms with van der Waals surface area (Å²) in [7, 11) is 0. The molecule has 0 spiro atoms. The average molecular weight is 339 g/mol. The summed E-state index contributed by atoms with van der Waals surface area (Å²) in [5.74, 6) is 0.275. The Bertz CT molecular complexity index is 987. The van der Waals surface area contributed by atoms with Crippen LogP contribution in [0.5, 0.6) is 0 Å². The van der Waals surface area contributed by atoms with Gasteiger partial charge in [-0.3, -0.25) is 9.59 Å². The Hall–Kier alpha value is -3.00. The first kappa shape index (κ1) is 15.5. The normalized spacial score (nSPS) is 14.8. The van der Waals surface area contributed by atoms with Crippen LogP contribution < -0.4 is 5.56 Å². The minimum atomic E-state index is -0.394. The predicted octanol–water partition coefficient (Wildman–Crippen LogP) is 0.661. The van der Waals surface area contributed by atoms with E-state index in [-0.39, 0.29) is 11.5 Å². The van der Waals surface area contributed by atoms with Gasteiger partial charge < -0.3 is 9.64 Å². The molecule has 3 aromatic heterocycles. The van der Waals surface area contributed by atoms with E-state index in [0.29, 0.717) is 43.5 Å². The van der Waals surface area contributed by atoms with E-state index in [1.54, 1.807) is 47.1 Å². The van der Waals surface area contributed by atoms with Crippen LogP contribution in [0.2, 0.25) is 0 Å². The van der Waals surface area contributed by atoms with Crippen LogP contribution in [-0.2, 0) is 4.74 Å². The van der Waals surface area contributed by atoms with Crippen molar-refractivity contribution >= 4 is 11.6 Å². The molecule has 1 aliphatic heterocycles. The lowest BCUT2D eigenvalue weighted by Crippen LogP contribution is -2.43. The average Bonchev–Trinajstić information content (AvgIpc) is 3.07. The standard InChI is InChI=1S/C17H17N5O3/c1-12-15(16(23)20-8-10-25-11-9-20)17(24)22-14(19-12)5-7-21(22)13-4-2-3-6-18-13/h2-7H,8-11H2,1H3. The van der Waals surface area contributed by atoms with E-state index in [1.165, 1.54) is 4.52 Å². The lowest BCUT2D eigenvalue weighted by molar-refractivity contribution is 0.0300. The van der Waals surface area contributed by atoms with Gasteiger partial charge in [0.05, 0.1) is 18.9 Å². The summed E-state index contributed by atoms with van der Waals surface area (Å²) in [6, 6.07) is 7.15. The summed E-state index contributed by atoms with van der Waals surface area (Å²) in [5, 5.41) is 0. The van der Waals surface area contributed by atoms with Crippen molar-refractivity contribution in [3.63, 3.8) is 0 Å². The monoisotopic (exact) mass is 339 g/mol. The van der Waals surface area contributed by atoms with Gasteiger partial charge in [0.15, 0.2) is 11.5 Å². The molecule has 1 fully saturated rings. The summed E-state index contributed by atoms with van der Waals surface area (Å²) in [6.45, 7) is 3.59. The van der Waals surface area contributed by atoms with Gasteiger partial charge in [0.25, 0.3) is 11.5 Å². The highest BCUT2D eigenvalue weighted by Crippen LogP contribution is 2.11. The third-order valence-electron chi connectivity index (χ3n) is 4.24. The summed E-state index contributed by atoms with van der Waals surface area (Å²) in [5.41, 5.74) is 0.608. The number of hydrogen-bond acceptors (Lipinski definition) is 5. The van der Waals surface area contributed by atoms with Crippen molar-refractivity contribution in [2.24, 2.45) is 0 Å². The molecule has 4 rings (SSSR count). The Morgan fingerprint density at radius 3 is 2.72 bits per heavy atom. The molecular weight excluding hydrogens is 322 g/mol. The molecule has 0 atom stereocenters. The Balaban J connectivity index is 1.88. The quantitative estimate of drug-likeness (QED) is 0.685. The molecule has 1 amide bonds. The third-order valence-corrected chi connectivity index (χ3v) is 4.24. The van der Waals surface area contributed by atoms with Gasteiger partial charge in [-0.15, -0.1) is 0 Å². The van der Waals surface area contributed by atoms with Crippen molar-refractivity contribution in [1.29, 1.82) is 0 Å². The van der Waals surface area contributed by atoms with Gasteiger partial charge in [0.2, 0.25) is 0 Å². The largest absolute Gasteiger partial charge is 0.378 e. The third kappa shape index (κ3) is 2.60. The number of ether oxygens (including phenoxy) is 1. The number of hydrogen-bond donors (Lipinski definition) is 0. The van der Waals surface area contributed by atoms with E-state index in [2.05, 4.69) is 9.97 Å². The number of aryl methyl sites for hydroxylation is 1. The van der Waals surface area contributed by atoms with Crippen molar-refractivity contribution in [3.8, 4) is 5.82 Å². The molecule has 0 aliphatic carbocycles. The number of carbonyl (C=O) groups excluding carboxylic acids is 1. The highest BCUT2D eigenvalue weighted by Gasteiger charge is 2.25. The maximum Gasteiger partial charge on any atom is 0.286 e. The van der Waals surface area contributed by atoms with Crippen LogP contribution in [0.3, 0.4) is 0 Å². The van der Waals surface area contributed by atoms with Crippen LogP contribution >= 0.6 is 0 Å². The highest BCUT2D eigenvalue weighted by molar-refractivity contribution is 5.95. The molecule has 8 nitrogen and oxygen atoms in total. The molecule has 0 saturated carbocycles. The molecule has 0 N–H and O–H groups in total. The minimum Gasteiger partial charge on any atom is -0.378 e. The second-order valence-corrected chi connectivity index (χ2v) is 5.80. The van der Waals surface area contributed by atoms with E-state index in [4.69, 9.17) is 4.74 Å². The first-order chi connectivity index (χ1) is 12.2. The number of pyridine rings is 1. The fraction of sp³-hybridized carbons (Fsp3) is 0.294. The van der Waals surface area contributed by atoms with Crippen molar-refractivity contribution in [3.05, 3.63) is 58.3 Å². The van der Waals surface area contributed by atoms with Gasteiger partial charge >= 0.3 is 0 Å². The SMILES string of the molecule is Cc1nc2ccn(-c3ccccn3)n2c(=O)c1C(=O)N1CCOCC1. The van der Waals surface area contributed by atoms with Gasteiger partial charge in [-0.2, -0.15) is 4.52 Å². The Morgan fingerprint density at radius 2 is 2.00 bits per heavy atom. The van der Waals surface area contributed by atoms with Gasteiger partial charge in [-0.25, -0.2) is 14.6 Å². The second-order valence-electron chi connectivity index (χ2n) is 5.80. The molecule has 128 valence electrons. The van der Waals surface area contributed by atoms with Crippen LogP contribution in [-0.4, -0.2) is 56.3 Å². The van der Waals surface area contributed by atoms with Crippen LogP contribution in [0.25, 0.3) is 11.5 Å². The molecule has 1 aliphatic rings. The number of fused-ring (bicyclic) bond motifs is 1. The molecule has 8 heteroatoms. The van der Waals surface area contributed by atoms with E-state index in [0.717, 1.165) is 0 Å². The van der Waals surface area contributed by atoms with E-state index in [1.807, 2.05) is 6.07 Å². The molecule has 1 saturated heterocycles. The van der Waals surface area contributed by atoms with E-state index >= 15 is 0 Å². The molecule has 25 heavy (non-hydrogen) atoms. The van der Waals surface area contributed by atoms with Gasteiger partial charge in [0, 0.05) is 31.5 Å². The van der Waals surface area contributed by atoms with E-state index in [9.17, 15) is 9.59 Å². The first-order valence-electron chi connectivity index (χ1n) is 8.06. The van der Waals surface area contributed by atoms with Crippen LogP contribution in [0.1, 0.15) is 16.1 Å². The first-order valence-corrected chi connectivity index (χ1v) is 8.06. The molecule has 0 unspecified atom stereocenters. The molecular formula is C17H17N5O3. The van der Waals surface area contributed by atoms with Crippen molar-refractivity contribution in [1.82, 2.24) is 24.1 Å². The lowest BCUT2D eigenvalue weighted by Gasteiger charge is -2.27. The highest BCUT2D eigenvalue weighted by atomic mass is 16.5. The zero-order valence-electron chi connectivity index (χ0n) is 13.8. The molecule has 4 heterocycles. The van der Waals surface area contributed by atoms with Crippen LogP contribution in [0.15, 0.2) is 41.5 Å². The fourth-order valence-corrected chi connectivity index (χ4v) is 3.00. The maximum atomic E-state index is 13.1. The topological polar surface area (TPSA) is 81.7 Å². The van der Waals surface area contributed by atoms with Crippen LogP contribution in [0.4, 0.5) is 0 Å². The zero-order valence-corrected chi connectivity index (χ0v) is 13.8. The van der Waals surface area contributed by atoms with Crippen molar-refractivity contribution in [2.75, 3.05) is 26.3 Å². The number of aromatic nitrogens is 4. The summed E-state index contributed by atoms with van der Waals surface area (Å²) < 4.78 is 8.25. The van der Waals surface area contributed by atoms with Crippen molar-refractivity contribution < 1.29 is 9.53 Å². The van der Waals surface area contributed by atoms with Crippen molar-refractivity contribution in [2.45, 2.75) is 6.92 Å². The number of morpholine rings is 1. The number of carbonyl (C=O) groups is 1. The van der Waals surface area contributed by atoms with Gasteiger partial charge in [-0.05, 0) is 19.1 Å². The molecule has 0 radical (unpaired) electrons. The summed E-state index contributed by atoms with van der Waals surface area (Å²) >= 11 is 0. The van der Waals surface area contributed by atoms with Gasteiger partial charge in [-0.1, -0.05) is 6.07 Å². The Labute approximate surface area is 143 Å². The smallest absolute Gasteiger partial charge is 0.286 e. The summed E-state index contributed by atoms with van der Waals surface area (Å²) in [4.78, 5) is 36.3. The second kappa shape index (κ2) is 6.14. The molecule has 0 bridgehead atoms. The predicted molar refractivity (Wildman–Crippen MR) is 90.0 cm³/mol. The van der Waals surface area contributed by atoms with Gasteiger partial charge in [0.1, 0.15) is 5.56 Å². The molecule has 0 aromatic carbocycles. The molecule has 3 aromatic rings. The zero-order chi connectivity index (χ0) is 17.4. The lowest BCUT2D eigenvalue weighted by atomic mass is 10.2. The minimum absolute atomic E-state index is 0.0929. The fourth-order valence-electron chi connectivity index (χ4n) is 3.00. The Morgan fingerprint density at radius 1 is 1.20 bits per heavy atom. The maximum absolute atomic E-state index is 13.1. The number of rotatable bonds is 2. The Kier molecular flexibility index (Phi) is 3.81. The van der Waals surface area contributed by atoms with Crippen LogP contribution in [0, 0.1) is 6.92 Å². The van der Waals surface area contributed by atoms with E-state index < -0.39 is 5.56 Å². The summed E-state index contributed by atoms with van der Waals surface area (Å²) in [6.07, 6.45) is 3.36.